The number of alkyl halides is 1. The Kier molecular flexibility index (Phi) is 6.80. The zero-order valence-corrected chi connectivity index (χ0v) is 20.3. The van der Waals surface area contributed by atoms with Crippen molar-refractivity contribution in [1.29, 1.82) is 0 Å². The normalized spacial score (nSPS) is 23.0. The molecule has 0 bridgehead atoms. The molecule has 0 unspecified atom stereocenters. The summed E-state index contributed by atoms with van der Waals surface area (Å²) < 4.78 is 15.9. The highest BCUT2D eigenvalue weighted by Gasteiger charge is 2.35. The van der Waals surface area contributed by atoms with E-state index in [0.717, 1.165) is 70.4 Å². The average molecular weight is 483 g/mol. The molecule has 188 valence electrons. The molecule has 1 aromatic carbocycles. The van der Waals surface area contributed by atoms with Crippen LogP contribution >= 0.6 is 0 Å². The van der Waals surface area contributed by atoms with Gasteiger partial charge in [-0.15, -0.1) is 0 Å². The molecule has 1 saturated heterocycles. The summed E-state index contributed by atoms with van der Waals surface area (Å²) in [5, 5.41) is 0.460. The summed E-state index contributed by atoms with van der Waals surface area (Å²) in [6, 6.07) is 6.95. The van der Waals surface area contributed by atoms with Gasteiger partial charge in [0.1, 0.15) is 6.67 Å². The van der Waals surface area contributed by atoms with Crippen LogP contribution in [0.25, 0.3) is 10.9 Å². The first-order valence-electron chi connectivity index (χ1n) is 13.0. The molecule has 5 rings (SSSR count). The summed E-state index contributed by atoms with van der Waals surface area (Å²) in [5.41, 5.74) is 0.952. The standard InChI is InChI=1S/C27H35FN4O3/c1-19(29-14-16-30(17-15-29)25(33)22-10-11-22)21-8-6-20(7-9-21)18-32-26(34)23-4-2-3-5-24(23)31(13-12-28)27(32)35/h2-5,20-22H,1,6-18H2. The van der Waals surface area contributed by atoms with Crippen LogP contribution in [0.4, 0.5) is 4.39 Å². The third-order valence-electron chi connectivity index (χ3n) is 8.12. The lowest BCUT2D eigenvalue weighted by atomic mass is 9.80. The predicted molar refractivity (Wildman–Crippen MR) is 134 cm³/mol. The molecule has 2 aliphatic carbocycles. The minimum absolute atomic E-state index is 0.0499. The molecule has 7 nitrogen and oxygen atoms in total. The molecule has 35 heavy (non-hydrogen) atoms. The molecule has 0 N–H and O–H groups in total. The minimum Gasteiger partial charge on any atom is -0.372 e. The summed E-state index contributed by atoms with van der Waals surface area (Å²) in [6.45, 7) is 7.31. The third-order valence-corrected chi connectivity index (χ3v) is 8.12. The van der Waals surface area contributed by atoms with Crippen LogP contribution in [0.3, 0.4) is 0 Å². The van der Waals surface area contributed by atoms with Crippen LogP contribution in [0.2, 0.25) is 0 Å². The van der Waals surface area contributed by atoms with Crippen LogP contribution in [-0.4, -0.2) is 57.7 Å². The van der Waals surface area contributed by atoms with Gasteiger partial charge < -0.3 is 9.80 Å². The van der Waals surface area contributed by atoms with Crippen LogP contribution in [0, 0.1) is 17.8 Å². The number of amides is 1. The minimum atomic E-state index is -0.654. The SMILES string of the molecule is C=C(C1CCC(Cn2c(=O)c3ccccc3n(CCF)c2=O)CC1)N1CCN(C(=O)C2CC2)CC1. The molecule has 1 amide bonds. The fraction of sp³-hybridized carbons (Fsp3) is 0.593. The molecule has 0 spiro atoms. The third kappa shape index (κ3) is 4.80. The monoisotopic (exact) mass is 482 g/mol. The highest BCUT2D eigenvalue weighted by Crippen LogP contribution is 2.35. The Morgan fingerprint density at radius 3 is 2.17 bits per heavy atom. The van der Waals surface area contributed by atoms with Crippen molar-refractivity contribution < 1.29 is 9.18 Å². The fourth-order valence-electron chi connectivity index (χ4n) is 5.83. The summed E-state index contributed by atoms with van der Waals surface area (Å²) in [5.74, 6) is 1.23. The van der Waals surface area contributed by atoms with Crippen molar-refractivity contribution in [3.8, 4) is 0 Å². The second-order valence-electron chi connectivity index (χ2n) is 10.4. The van der Waals surface area contributed by atoms with Gasteiger partial charge in [0, 0.05) is 44.3 Å². The van der Waals surface area contributed by atoms with Gasteiger partial charge in [0.15, 0.2) is 0 Å². The van der Waals surface area contributed by atoms with E-state index in [2.05, 4.69) is 11.5 Å². The first-order chi connectivity index (χ1) is 17.0. The Morgan fingerprint density at radius 2 is 1.51 bits per heavy atom. The number of allylic oxidation sites excluding steroid dienone is 1. The number of rotatable bonds is 7. The zero-order valence-electron chi connectivity index (χ0n) is 20.3. The lowest BCUT2D eigenvalue weighted by Crippen LogP contribution is -2.49. The first kappa shape index (κ1) is 23.8. The van der Waals surface area contributed by atoms with E-state index in [9.17, 15) is 18.8 Å². The summed E-state index contributed by atoms with van der Waals surface area (Å²) in [4.78, 5) is 42.8. The molecule has 8 heteroatoms. The van der Waals surface area contributed by atoms with Crippen molar-refractivity contribution in [2.75, 3.05) is 32.9 Å². The number of hydrogen-bond donors (Lipinski definition) is 0. The predicted octanol–water partition coefficient (Wildman–Crippen LogP) is 3.01. The van der Waals surface area contributed by atoms with Crippen molar-refractivity contribution in [3.63, 3.8) is 0 Å². The Labute approximate surface area is 204 Å². The molecular weight excluding hydrogens is 447 g/mol. The smallest absolute Gasteiger partial charge is 0.331 e. The summed E-state index contributed by atoms with van der Waals surface area (Å²) in [6.07, 6.45) is 5.89. The molecule has 2 aromatic rings. The molecule has 2 saturated carbocycles. The number of carbonyl (C=O) groups excluding carboxylic acids is 1. The van der Waals surface area contributed by atoms with E-state index in [1.54, 1.807) is 24.3 Å². The number of aromatic nitrogens is 2. The number of hydrogen-bond acceptors (Lipinski definition) is 4. The summed E-state index contributed by atoms with van der Waals surface area (Å²) in [7, 11) is 0. The van der Waals surface area contributed by atoms with Gasteiger partial charge >= 0.3 is 5.69 Å². The van der Waals surface area contributed by atoms with E-state index in [1.165, 1.54) is 9.13 Å². The van der Waals surface area contributed by atoms with Crippen molar-refractivity contribution in [2.45, 2.75) is 51.6 Å². The van der Waals surface area contributed by atoms with Crippen molar-refractivity contribution in [3.05, 3.63) is 57.4 Å². The summed E-state index contributed by atoms with van der Waals surface area (Å²) >= 11 is 0. The number of aryl methyl sites for hydroxylation is 1. The fourth-order valence-corrected chi connectivity index (χ4v) is 5.83. The number of nitrogens with zero attached hydrogens (tertiary/aromatic N) is 4. The van der Waals surface area contributed by atoms with E-state index >= 15 is 0 Å². The number of benzene rings is 1. The number of piperazine rings is 1. The van der Waals surface area contributed by atoms with Gasteiger partial charge in [-0.25, -0.2) is 9.18 Å². The lowest BCUT2D eigenvalue weighted by molar-refractivity contribution is -0.134. The molecular formula is C27H35FN4O3. The van der Waals surface area contributed by atoms with Crippen molar-refractivity contribution in [2.24, 2.45) is 17.8 Å². The van der Waals surface area contributed by atoms with Gasteiger partial charge in [-0.05, 0) is 62.5 Å². The Bertz CT molecular complexity index is 1220. The van der Waals surface area contributed by atoms with Crippen LogP contribution < -0.4 is 11.2 Å². The van der Waals surface area contributed by atoms with Gasteiger partial charge in [0.05, 0.1) is 17.4 Å². The molecule has 2 heterocycles. The van der Waals surface area contributed by atoms with Gasteiger partial charge in [-0.1, -0.05) is 18.7 Å². The average Bonchev–Trinajstić information content (AvgIpc) is 3.74. The number of carbonyl (C=O) groups is 1. The highest BCUT2D eigenvalue weighted by atomic mass is 19.1. The van der Waals surface area contributed by atoms with E-state index in [1.807, 2.05) is 4.90 Å². The van der Waals surface area contributed by atoms with E-state index in [4.69, 9.17) is 0 Å². The van der Waals surface area contributed by atoms with Crippen LogP contribution in [0.15, 0.2) is 46.1 Å². The number of para-hydroxylation sites is 1. The first-order valence-corrected chi connectivity index (χ1v) is 13.0. The van der Waals surface area contributed by atoms with E-state index in [0.29, 0.717) is 29.3 Å². The molecule has 1 aliphatic heterocycles. The molecule has 0 radical (unpaired) electrons. The maximum absolute atomic E-state index is 13.2. The molecule has 0 atom stereocenters. The molecule has 3 fully saturated rings. The zero-order chi connectivity index (χ0) is 24.5. The van der Waals surface area contributed by atoms with Gasteiger partial charge in [0.25, 0.3) is 5.56 Å². The van der Waals surface area contributed by atoms with Gasteiger partial charge in [-0.2, -0.15) is 0 Å². The molecule has 3 aliphatic rings. The van der Waals surface area contributed by atoms with Crippen LogP contribution in [0.1, 0.15) is 38.5 Å². The Morgan fingerprint density at radius 1 is 0.886 bits per heavy atom. The topological polar surface area (TPSA) is 67.6 Å². The van der Waals surface area contributed by atoms with Crippen molar-refractivity contribution >= 4 is 16.8 Å². The van der Waals surface area contributed by atoms with Gasteiger partial charge in [0.2, 0.25) is 5.91 Å². The molecule has 1 aromatic heterocycles. The second-order valence-corrected chi connectivity index (χ2v) is 10.4. The van der Waals surface area contributed by atoms with E-state index in [-0.39, 0.29) is 23.9 Å². The van der Waals surface area contributed by atoms with E-state index < -0.39 is 12.4 Å². The maximum atomic E-state index is 13.2. The van der Waals surface area contributed by atoms with Crippen molar-refractivity contribution in [1.82, 2.24) is 18.9 Å². The maximum Gasteiger partial charge on any atom is 0.331 e. The highest BCUT2D eigenvalue weighted by molar-refractivity contribution is 5.81. The number of halogens is 1. The lowest BCUT2D eigenvalue weighted by Gasteiger charge is -2.41. The Balaban J connectivity index is 1.20. The quantitative estimate of drug-likeness (QED) is 0.609. The van der Waals surface area contributed by atoms with Crippen LogP contribution in [-0.2, 0) is 17.9 Å². The second kappa shape index (κ2) is 9.99. The largest absolute Gasteiger partial charge is 0.372 e. The van der Waals surface area contributed by atoms with Crippen LogP contribution in [0.5, 0.6) is 0 Å². The Hall–Kier alpha value is -2.90. The number of fused-ring (bicyclic) bond motifs is 1. The van der Waals surface area contributed by atoms with Gasteiger partial charge in [-0.3, -0.25) is 18.7 Å².